The number of primary amides is 1. The van der Waals surface area contributed by atoms with Gasteiger partial charge in [0.25, 0.3) is 5.91 Å². The lowest BCUT2D eigenvalue weighted by Crippen LogP contribution is -2.67. The lowest BCUT2D eigenvalue weighted by molar-refractivity contribution is -0.154. The number of rotatable bonds is 4. The number of hydrogen-bond acceptors (Lipinski definition) is 8. The molecular weight excluding hydrogens is 464 g/mol. The zero-order valence-corrected chi connectivity index (χ0v) is 20.4. The van der Waals surface area contributed by atoms with Gasteiger partial charge < -0.3 is 26.2 Å². The van der Waals surface area contributed by atoms with Crippen molar-refractivity contribution in [2.75, 3.05) is 14.1 Å². The third-order valence-corrected chi connectivity index (χ3v) is 8.38. The van der Waals surface area contributed by atoms with Gasteiger partial charge in [0.05, 0.1) is 11.6 Å². The molecule has 0 radical (unpaired) electrons. The van der Waals surface area contributed by atoms with Gasteiger partial charge in [0, 0.05) is 23.3 Å². The molecule has 0 heterocycles. The van der Waals surface area contributed by atoms with Crippen LogP contribution < -0.4 is 5.73 Å². The van der Waals surface area contributed by atoms with Crippen LogP contribution in [0.3, 0.4) is 0 Å². The first-order valence-corrected chi connectivity index (χ1v) is 12.1. The number of carbonyl (C=O) groups is 3. The van der Waals surface area contributed by atoms with Crippen LogP contribution in [0.1, 0.15) is 48.0 Å². The van der Waals surface area contributed by atoms with Gasteiger partial charge in [0.1, 0.15) is 22.8 Å². The predicted molar refractivity (Wildman–Crippen MR) is 129 cm³/mol. The van der Waals surface area contributed by atoms with Crippen molar-refractivity contribution in [1.82, 2.24) is 4.90 Å². The van der Waals surface area contributed by atoms with Crippen LogP contribution >= 0.6 is 0 Å². The minimum atomic E-state index is -2.65. The van der Waals surface area contributed by atoms with E-state index in [9.17, 15) is 34.8 Å². The van der Waals surface area contributed by atoms with Crippen molar-refractivity contribution < 1.29 is 34.8 Å². The maximum absolute atomic E-state index is 13.8. The largest absolute Gasteiger partial charge is 0.510 e. The standard InChI is InChI=1S/C27H30N2O7/c1-4-6-11-9-13-12-7-5-8-15(30)17(12)22(31)18-16(13)14(10-11)20-21(29(2)3)23(32)19(26(28)35)25(34)27(20,36)24(18)33/h5,7-9,13-14,16,20-21,30,32-33,36H,4,6,10H2,1-3H3,(H2,28,35)/t13-,14-,16+,20+,21+,27-/m0/s1. The number of Topliss-reactive ketones (excluding diaryl/α,β-unsaturated/α-hetero) is 2. The lowest BCUT2D eigenvalue weighted by Gasteiger charge is -2.56. The fraction of sp³-hybridized carbons (Fsp3) is 0.444. The average molecular weight is 495 g/mol. The molecule has 0 saturated heterocycles. The third kappa shape index (κ3) is 2.93. The van der Waals surface area contributed by atoms with Crippen molar-refractivity contribution in [3.8, 4) is 5.75 Å². The summed E-state index contributed by atoms with van der Waals surface area (Å²) in [5.74, 6) is -7.37. The number of amides is 1. The number of nitrogens with two attached hydrogens (primary N) is 1. The Hall–Kier alpha value is -3.43. The number of benzene rings is 1. The Bertz CT molecular complexity index is 1310. The number of ketones is 2. The number of aromatic hydroxyl groups is 1. The molecule has 0 saturated carbocycles. The van der Waals surface area contributed by atoms with Crippen molar-refractivity contribution in [1.29, 1.82) is 0 Å². The molecule has 4 aliphatic carbocycles. The Morgan fingerprint density at radius 1 is 1.19 bits per heavy atom. The number of nitrogens with zero attached hydrogens (tertiary/aromatic N) is 1. The van der Waals surface area contributed by atoms with Gasteiger partial charge >= 0.3 is 0 Å². The second-order valence-electron chi connectivity index (χ2n) is 10.5. The van der Waals surface area contributed by atoms with E-state index in [1.165, 1.54) is 6.07 Å². The Labute approximate surface area is 208 Å². The summed E-state index contributed by atoms with van der Waals surface area (Å²) in [6.45, 7) is 2.03. The second-order valence-corrected chi connectivity index (χ2v) is 10.5. The zero-order valence-electron chi connectivity index (χ0n) is 20.4. The van der Waals surface area contributed by atoms with Crippen LogP contribution in [0.15, 0.2) is 52.5 Å². The Morgan fingerprint density at radius 3 is 2.50 bits per heavy atom. The highest BCUT2D eigenvalue weighted by molar-refractivity contribution is 6.25. The molecule has 6 N–H and O–H groups in total. The number of likely N-dealkylation sites (N-methyl/N-ethyl adjacent to an activating group) is 1. The second kappa shape index (κ2) is 8.04. The van der Waals surface area contributed by atoms with E-state index in [0.29, 0.717) is 12.0 Å². The first-order chi connectivity index (χ1) is 17.0. The van der Waals surface area contributed by atoms with Crippen molar-refractivity contribution >= 4 is 17.5 Å². The summed E-state index contributed by atoms with van der Waals surface area (Å²) in [5, 5.41) is 45.2. The molecule has 9 heteroatoms. The fourth-order valence-corrected chi connectivity index (χ4v) is 7.11. The smallest absolute Gasteiger partial charge is 0.255 e. The molecule has 6 atom stereocenters. The molecule has 0 aromatic heterocycles. The van der Waals surface area contributed by atoms with Gasteiger partial charge in [0.15, 0.2) is 11.4 Å². The maximum atomic E-state index is 13.8. The summed E-state index contributed by atoms with van der Waals surface area (Å²) in [6.07, 6.45) is 4.08. The molecule has 36 heavy (non-hydrogen) atoms. The van der Waals surface area contributed by atoms with Crippen LogP contribution in [0.2, 0.25) is 0 Å². The number of fused-ring (bicyclic) bond motifs is 4. The molecule has 0 fully saturated rings. The molecule has 1 aromatic carbocycles. The Morgan fingerprint density at radius 2 is 1.89 bits per heavy atom. The van der Waals surface area contributed by atoms with E-state index in [0.717, 1.165) is 18.4 Å². The number of allylic oxidation sites excluding steroid dienone is 3. The van der Waals surface area contributed by atoms with Crippen LogP contribution in [-0.4, -0.2) is 68.5 Å². The van der Waals surface area contributed by atoms with Crippen LogP contribution in [0.5, 0.6) is 5.75 Å². The summed E-state index contributed by atoms with van der Waals surface area (Å²) in [4.78, 5) is 41.2. The van der Waals surface area contributed by atoms with Gasteiger partial charge in [-0.05, 0) is 44.5 Å². The molecule has 9 nitrogen and oxygen atoms in total. The molecule has 0 aliphatic heterocycles. The summed E-state index contributed by atoms with van der Waals surface area (Å²) < 4.78 is 0. The minimum absolute atomic E-state index is 0.0241. The highest BCUT2D eigenvalue weighted by Crippen LogP contribution is 2.61. The topological polar surface area (TPSA) is 161 Å². The van der Waals surface area contributed by atoms with Crippen LogP contribution in [0.4, 0.5) is 0 Å². The number of aliphatic hydroxyl groups is 3. The highest BCUT2D eigenvalue weighted by Gasteiger charge is 2.67. The molecule has 0 bridgehead atoms. The fourth-order valence-electron chi connectivity index (χ4n) is 7.11. The van der Waals surface area contributed by atoms with Crippen molar-refractivity contribution in [3.63, 3.8) is 0 Å². The van der Waals surface area contributed by atoms with Gasteiger partial charge in [-0.3, -0.25) is 19.3 Å². The summed E-state index contributed by atoms with van der Waals surface area (Å²) in [6, 6.07) is 3.79. The van der Waals surface area contributed by atoms with Crippen LogP contribution in [0, 0.1) is 17.8 Å². The molecule has 1 amide bonds. The van der Waals surface area contributed by atoms with E-state index in [4.69, 9.17) is 5.73 Å². The maximum Gasteiger partial charge on any atom is 0.255 e. The number of phenolic OH excluding ortho intramolecular Hbond substituents is 1. The Balaban J connectivity index is 1.87. The van der Waals surface area contributed by atoms with Gasteiger partial charge in [-0.25, -0.2) is 0 Å². The molecule has 4 aliphatic rings. The molecular formula is C27H30N2O7. The molecule has 1 aromatic rings. The van der Waals surface area contributed by atoms with Gasteiger partial charge in [0.2, 0.25) is 5.78 Å². The summed E-state index contributed by atoms with van der Waals surface area (Å²) >= 11 is 0. The first kappa shape index (κ1) is 24.3. The van der Waals surface area contributed by atoms with Gasteiger partial charge in [-0.2, -0.15) is 0 Å². The highest BCUT2D eigenvalue weighted by atomic mass is 16.3. The molecule has 0 unspecified atom stereocenters. The summed E-state index contributed by atoms with van der Waals surface area (Å²) in [7, 11) is 3.27. The monoisotopic (exact) mass is 494 g/mol. The van der Waals surface area contributed by atoms with Crippen molar-refractivity contribution in [3.05, 3.63) is 63.6 Å². The Kier molecular flexibility index (Phi) is 5.42. The van der Waals surface area contributed by atoms with E-state index in [-0.39, 0.29) is 16.9 Å². The van der Waals surface area contributed by atoms with E-state index >= 15 is 0 Å². The first-order valence-electron chi connectivity index (χ1n) is 12.1. The van der Waals surface area contributed by atoms with Gasteiger partial charge in [-0.1, -0.05) is 37.1 Å². The van der Waals surface area contributed by atoms with Crippen LogP contribution in [0.25, 0.3) is 0 Å². The molecule has 190 valence electrons. The molecule has 5 rings (SSSR count). The normalized spacial score (nSPS) is 33.2. The quantitative estimate of drug-likeness (QED) is 0.314. The van der Waals surface area contributed by atoms with Gasteiger partial charge in [-0.15, -0.1) is 0 Å². The number of aliphatic hydroxyl groups excluding tert-OH is 2. The minimum Gasteiger partial charge on any atom is -0.510 e. The van der Waals surface area contributed by atoms with Crippen molar-refractivity contribution in [2.45, 2.75) is 43.7 Å². The number of carbonyl (C=O) groups excluding carboxylic acids is 3. The zero-order chi connectivity index (χ0) is 26.3. The van der Waals surface area contributed by atoms with E-state index in [1.807, 2.05) is 6.92 Å². The van der Waals surface area contributed by atoms with Crippen LogP contribution in [-0.2, 0) is 9.59 Å². The average Bonchev–Trinajstić information content (AvgIpc) is 2.80. The number of hydrogen-bond donors (Lipinski definition) is 5. The SMILES string of the molecule is CCCC1=C[C@H]2c3cccc(O)c3C(=O)C3=C(O)[C@]4(O)C(=O)C(C(N)=O)=C(O)[C@H](N(C)C)[C@H]4[C@@H](C1)[C@H]32. The molecule has 0 spiro atoms. The third-order valence-electron chi connectivity index (χ3n) is 8.38. The van der Waals surface area contributed by atoms with E-state index < -0.39 is 69.9 Å². The predicted octanol–water partition coefficient (Wildman–Crippen LogP) is 2.02. The van der Waals surface area contributed by atoms with Crippen molar-refractivity contribution in [2.24, 2.45) is 23.5 Å². The lowest BCUT2D eigenvalue weighted by atomic mass is 9.49. The van der Waals surface area contributed by atoms with E-state index in [1.54, 1.807) is 31.1 Å². The van der Waals surface area contributed by atoms with E-state index in [2.05, 4.69) is 6.08 Å². The summed E-state index contributed by atoms with van der Waals surface area (Å²) in [5.41, 5.74) is 3.54. The number of phenols is 1.